The Hall–Kier alpha value is -0.610. The third kappa shape index (κ3) is 4.94. The number of ether oxygens (including phenoxy) is 2. The van der Waals surface area contributed by atoms with Crippen LogP contribution in [0.2, 0.25) is 0 Å². The number of likely N-dealkylation sites (N-methyl/N-ethyl adjacent to an activating group) is 1. The summed E-state index contributed by atoms with van der Waals surface area (Å²) in [6, 6.07) is 0. The summed E-state index contributed by atoms with van der Waals surface area (Å²) in [4.78, 5) is 13.4. The van der Waals surface area contributed by atoms with Gasteiger partial charge in [0.1, 0.15) is 6.61 Å². The first-order chi connectivity index (χ1) is 7.59. The fourth-order valence-electron chi connectivity index (χ4n) is 1.71. The van der Waals surface area contributed by atoms with Crippen molar-refractivity contribution >= 4 is 5.91 Å². The molecule has 1 unspecified atom stereocenters. The molecular formula is C12H23NO3. The van der Waals surface area contributed by atoms with E-state index in [0.717, 1.165) is 19.4 Å². The molecule has 1 heterocycles. The maximum atomic E-state index is 11.7. The van der Waals surface area contributed by atoms with E-state index in [4.69, 9.17) is 9.47 Å². The molecule has 0 aliphatic carbocycles. The van der Waals surface area contributed by atoms with Gasteiger partial charge in [-0.25, -0.2) is 0 Å². The zero-order valence-electron chi connectivity index (χ0n) is 10.6. The molecule has 1 atom stereocenters. The summed E-state index contributed by atoms with van der Waals surface area (Å²) < 4.78 is 10.9. The van der Waals surface area contributed by atoms with Crippen LogP contribution in [0.25, 0.3) is 0 Å². The number of carbonyl (C=O) groups excluding carboxylic acids is 1. The second kappa shape index (κ2) is 6.86. The van der Waals surface area contributed by atoms with Gasteiger partial charge in [0.25, 0.3) is 0 Å². The number of carbonyl (C=O) groups is 1. The third-order valence-corrected chi connectivity index (χ3v) is 2.72. The lowest BCUT2D eigenvalue weighted by Gasteiger charge is -2.27. The second-order valence-corrected chi connectivity index (χ2v) is 4.62. The van der Waals surface area contributed by atoms with Gasteiger partial charge in [0.2, 0.25) is 5.91 Å². The van der Waals surface area contributed by atoms with Crippen LogP contribution in [0.15, 0.2) is 0 Å². The zero-order valence-corrected chi connectivity index (χ0v) is 10.6. The molecule has 1 saturated heterocycles. The van der Waals surface area contributed by atoms with Crippen LogP contribution in [0.3, 0.4) is 0 Å². The van der Waals surface area contributed by atoms with Crippen LogP contribution in [0.5, 0.6) is 0 Å². The first-order valence-electron chi connectivity index (χ1n) is 6.06. The molecule has 0 spiro atoms. The van der Waals surface area contributed by atoms with E-state index in [-0.39, 0.29) is 24.7 Å². The van der Waals surface area contributed by atoms with Crippen LogP contribution in [-0.4, -0.2) is 49.8 Å². The Kier molecular flexibility index (Phi) is 5.77. The van der Waals surface area contributed by atoms with Gasteiger partial charge in [-0.15, -0.1) is 0 Å². The first-order valence-corrected chi connectivity index (χ1v) is 6.06. The molecule has 1 fully saturated rings. The second-order valence-electron chi connectivity index (χ2n) is 4.62. The van der Waals surface area contributed by atoms with E-state index in [0.29, 0.717) is 6.54 Å². The number of hydrogen-bond acceptors (Lipinski definition) is 3. The molecule has 0 saturated carbocycles. The maximum Gasteiger partial charge on any atom is 0.248 e. The smallest absolute Gasteiger partial charge is 0.248 e. The molecule has 0 aromatic rings. The lowest BCUT2D eigenvalue weighted by atomic mass is 10.1. The van der Waals surface area contributed by atoms with Crippen LogP contribution < -0.4 is 0 Å². The van der Waals surface area contributed by atoms with Crippen molar-refractivity contribution in [1.82, 2.24) is 4.90 Å². The molecule has 4 nitrogen and oxygen atoms in total. The van der Waals surface area contributed by atoms with Crippen molar-refractivity contribution in [2.24, 2.45) is 0 Å². The Balaban J connectivity index is 2.21. The fraction of sp³-hybridized carbons (Fsp3) is 0.917. The molecule has 16 heavy (non-hydrogen) atoms. The summed E-state index contributed by atoms with van der Waals surface area (Å²) in [7, 11) is 1.81. The molecular weight excluding hydrogens is 206 g/mol. The Morgan fingerprint density at radius 2 is 2.25 bits per heavy atom. The van der Waals surface area contributed by atoms with Gasteiger partial charge in [-0.1, -0.05) is 0 Å². The van der Waals surface area contributed by atoms with Crippen molar-refractivity contribution in [2.75, 3.05) is 26.8 Å². The minimum absolute atomic E-state index is 0.0304. The lowest BCUT2D eigenvalue weighted by molar-refractivity contribution is -0.138. The van der Waals surface area contributed by atoms with E-state index in [1.165, 1.54) is 6.42 Å². The predicted molar refractivity (Wildman–Crippen MR) is 62.3 cm³/mol. The summed E-state index contributed by atoms with van der Waals surface area (Å²) in [5.74, 6) is 0.0304. The van der Waals surface area contributed by atoms with E-state index in [9.17, 15) is 4.79 Å². The van der Waals surface area contributed by atoms with Gasteiger partial charge in [-0.2, -0.15) is 0 Å². The minimum Gasteiger partial charge on any atom is -0.376 e. The van der Waals surface area contributed by atoms with E-state index >= 15 is 0 Å². The standard InChI is InChI=1S/C12H23NO3/c1-10(2)16-9-12(14)13(3)8-11-6-4-5-7-15-11/h10-11H,4-9H2,1-3H3. The fourth-order valence-corrected chi connectivity index (χ4v) is 1.71. The van der Waals surface area contributed by atoms with Gasteiger partial charge in [-0.3, -0.25) is 4.79 Å². The summed E-state index contributed by atoms with van der Waals surface area (Å²) >= 11 is 0. The number of rotatable bonds is 5. The predicted octanol–water partition coefficient (Wildman–Crippen LogP) is 1.44. The monoisotopic (exact) mass is 229 g/mol. The highest BCUT2D eigenvalue weighted by Crippen LogP contribution is 2.13. The topological polar surface area (TPSA) is 38.8 Å². The van der Waals surface area contributed by atoms with Crippen LogP contribution in [0.4, 0.5) is 0 Å². The van der Waals surface area contributed by atoms with Crippen molar-refractivity contribution in [3.8, 4) is 0 Å². The van der Waals surface area contributed by atoms with Crippen LogP contribution in [0.1, 0.15) is 33.1 Å². The van der Waals surface area contributed by atoms with Crippen molar-refractivity contribution in [3.63, 3.8) is 0 Å². The Labute approximate surface area is 97.9 Å². The third-order valence-electron chi connectivity index (χ3n) is 2.72. The summed E-state index contributed by atoms with van der Waals surface area (Å²) in [5, 5.41) is 0. The first kappa shape index (κ1) is 13.5. The summed E-state index contributed by atoms with van der Waals surface area (Å²) in [6.45, 7) is 5.53. The highest BCUT2D eigenvalue weighted by atomic mass is 16.5. The average molecular weight is 229 g/mol. The molecule has 1 amide bonds. The lowest BCUT2D eigenvalue weighted by Crippen LogP contribution is -2.39. The van der Waals surface area contributed by atoms with Gasteiger partial charge in [0, 0.05) is 20.2 Å². The Morgan fingerprint density at radius 1 is 1.50 bits per heavy atom. The van der Waals surface area contributed by atoms with E-state index in [1.807, 2.05) is 20.9 Å². The normalized spacial score (nSPS) is 21.1. The maximum absolute atomic E-state index is 11.7. The van der Waals surface area contributed by atoms with Crippen molar-refractivity contribution in [3.05, 3.63) is 0 Å². The van der Waals surface area contributed by atoms with Crippen LogP contribution in [-0.2, 0) is 14.3 Å². The molecule has 0 aromatic carbocycles. The van der Waals surface area contributed by atoms with E-state index in [1.54, 1.807) is 4.90 Å². The average Bonchev–Trinajstić information content (AvgIpc) is 2.27. The molecule has 4 heteroatoms. The highest BCUT2D eigenvalue weighted by molar-refractivity contribution is 5.77. The van der Waals surface area contributed by atoms with Crippen molar-refractivity contribution in [2.45, 2.75) is 45.3 Å². The van der Waals surface area contributed by atoms with Gasteiger partial charge >= 0.3 is 0 Å². The van der Waals surface area contributed by atoms with Gasteiger partial charge in [0.05, 0.1) is 12.2 Å². The highest BCUT2D eigenvalue weighted by Gasteiger charge is 2.18. The zero-order chi connectivity index (χ0) is 12.0. The molecule has 0 radical (unpaired) electrons. The summed E-state index contributed by atoms with van der Waals surface area (Å²) in [5.41, 5.74) is 0. The molecule has 0 aromatic heterocycles. The van der Waals surface area contributed by atoms with Gasteiger partial charge in [0.15, 0.2) is 0 Å². The molecule has 94 valence electrons. The quantitative estimate of drug-likeness (QED) is 0.716. The van der Waals surface area contributed by atoms with E-state index in [2.05, 4.69) is 0 Å². The Bertz CT molecular complexity index is 212. The van der Waals surface area contributed by atoms with Gasteiger partial charge in [-0.05, 0) is 33.1 Å². The van der Waals surface area contributed by atoms with E-state index < -0.39 is 0 Å². The Morgan fingerprint density at radius 3 is 2.81 bits per heavy atom. The number of nitrogens with zero attached hydrogens (tertiary/aromatic N) is 1. The SMILES string of the molecule is CC(C)OCC(=O)N(C)CC1CCCCO1. The van der Waals surface area contributed by atoms with Crippen LogP contribution >= 0.6 is 0 Å². The number of amides is 1. The van der Waals surface area contributed by atoms with Crippen molar-refractivity contribution in [1.29, 1.82) is 0 Å². The van der Waals surface area contributed by atoms with Crippen LogP contribution in [0, 0.1) is 0 Å². The number of hydrogen-bond donors (Lipinski definition) is 0. The molecule has 1 aliphatic rings. The molecule has 1 aliphatic heterocycles. The molecule has 1 rings (SSSR count). The minimum atomic E-state index is 0.0304. The summed E-state index contributed by atoms with van der Waals surface area (Å²) in [6.07, 6.45) is 3.72. The molecule has 0 bridgehead atoms. The molecule has 0 N–H and O–H groups in total. The van der Waals surface area contributed by atoms with Gasteiger partial charge < -0.3 is 14.4 Å². The van der Waals surface area contributed by atoms with Crippen molar-refractivity contribution < 1.29 is 14.3 Å². The largest absolute Gasteiger partial charge is 0.376 e.